The van der Waals surface area contributed by atoms with Gasteiger partial charge < -0.3 is 0 Å². The van der Waals surface area contributed by atoms with Crippen molar-refractivity contribution in [2.45, 2.75) is 39.5 Å². The second-order valence-corrected chi connectivity index (χ2v) is 8.20. The number of aliphatic imine (C=N–C) groups is 2. The van der Waals surface area contributed by atoms with Crippen molar-refractivity contribution in [1.29, 1.82) is 0 Å². The molecule has 0 aliphatic carbocycles. The summed E-state index contributed by atoms with van der Waals surface area (Å²) in [6.45, 7) is 12.2. The van der Waals surface area contributed by atoms with Crippen molar-refractivity contribution in [3.8, 4) is 0 Å². The zero-order chi connectivity index (χ0) is 17.3. The molecular weight excluding hydrogens is 334 g/mol. The van der Waals surface area contributed by atoms with Crippen molar-refractivity contribution >= 4 is 50.4 Å². The minimum atomic E-state index is -0.157. The Bertz CT molecular complexity index is 916. The van der Waals surface area contributed by atoms with E-state index in [2.05, 4.69) is 67.1 Å². The Labute approximate surface area is 150 Å². The Morgan fingerprint density at radius 3 is 2.79 bits per heavy atom. The van der Waals surface area contributed by atoms with Gasteiger partial charge in [-0.3, -0.25) is 0 Å². The first kappa shape index (κ1) is 17.0. The van der Waals surface area contributed by atoms with Gasteiger partial charge in [-0.25, -0.2) is 15.0 Å². The van der Waals surface area contributed by atoms with Crippen LogP contribution in [0.25, 0.3) is 10.2 Å². The molecule has 0 amide bonds. The fraction of sp³-hybridized carbons (Fsp3) is 0.316. The van der Waals surface area contributed by atoms with Crippen LogP contribution in [0.15, 0.2) is 39.6 Å². The number of thiophene rings is 2. The minimum absolute atomic E-state index is 0.157. The number of nitrogens with zero attached hydrogens (tertiary/aromatic N) is 3. The van der Waals surface area contributed by atoms with Gasteiger partial charge in [0.1, 0.15) is 15.7 Å². The summed E-state index contributed by atoms with van der Waals surface area (Å²) < 4.78 is 0. The maximum atomic E-state index is 4.88. The third-order valence-corrected chi connectivity index (χ3v) is 6.47. The summed E-state index contributed by atoms with van der Waals surface area (Å²) >= 11 is 3.40. The zero-order valence-corrected chi connectivity index (χ0v) is 16.1. The van der Waals surface area contributed by atoms with E-state index in [0.29, 0.717) is 0 Å². The quantitative estimate of drug-likeness (QED) is 0.409. The molecule has 24 heavy (non-hydrogen) atoms. The molecule has 3 aromatic heterocycles. The molecule has 0 saturated heterocycles. The highest BCUT2D eigenvalue weighted by Crippen LogP contribution is 2.41. The van der Waals surface area contributed by atoms with Gasteiger partial charge in [0.2, 0.25) is 0 Å². The first-order chi connectivity index (χ1) is 11.5. The molecule has 0 spiro atoms. The molecule has 3 aromatic rings. The highest BCUT2D eigenvalue weighted by Gasteiger charge is 2.28. The van der Waals surface area contributed by atoms with E-state index in [1.165, 1.54) is 15.8 Å². The van der Waals surface area contributed by atoms with Crippen LogP contribution in [-0.4, -0.2) is 17.5 Å². The summed E-state index contributed by atoms with van der Waals surface area (Å²) in [5, 5.41) is 4.31. The van der Waals surface area contributed by atoms with Gasteiger partial charge in [-0.05, 0) is 56.6 Å². The van der Waals surface area contributed by atoms with Crippen LogP contribution in [0.4, 0.5) is 5.00 Å². The second-order valence-electron chi connectivity index (χ2n) is 6.27. The first-order valence-corrected chi connectivity index (χ1v) is 9.65. The standard InChI is InChI=1S/C19H21N3S2/c1-6-16(20-5)22-17-12(2)11-15(24-17)19(3,4)14-8-7-13-9-10-23-18(13)21-14/h7-11H,5-6H2,1-4H3/b22-16-. The van der Waals surface area contributed by atoms with Crippen LogP contribution in [0.5, 0.6) is 0 Å². The molecule has 5 heteroatoms. The van der Waals surface area contributed by atoms with Crippen LogP contribution in [0, 0.1) is 6.92 Å². The summed E-state index contributed by atoms with van der Waals surface area (Å²) in [7, 11) is 0. The van der Waals surface area contributed by atoms with Gasteiger partial charge in [0.25, 0.3) is 0 Å². The van der Waals surface area contributed by atoms with E-state index in [4.69, 9.17) is 4.98 Å². The molecule has 0 atom stereocenters. The van der Waals surface area contributed by atoms with Crippen molar-refractivity contribution in [3.63, 3.8) is 0 Å². The van der Waals surface area contributed by atoms with Crippen LogP contribution in [0.1, 0.15) is 43.3 Å². The predicted molar refractivity (Wildman–Crippen MR) is 108 cm³/mol. The van der Waals surface area contributed by atoms with Gasteiger partial charge in [-0.1, -0.05) is 13.0 Å². The fourth-order valence-corrected chi connectivity index (χ4v) is 4.49. The summed E-state index contributed by atoms with van der Waals surface area (Å²) in [6.07, 6.45) is 0.788. The first-order valence-electron chi connectivity index (χ1n) is 7.95. The van der Waals surface area contributed by atoms with Gasteiger partial charge in [0.15, 0.2) is 0 Å². The van der Waals surface area contributed by atoms with E-state index in [-0.39, 0.29) is 5.41 Å². The van der Waals surface area contributed by atoms with Crippen LogP contribution in [-0.2, 0) is 5.41 Å². The van der Waals surface area contributed by atoms with E-state index in [1.54, 1.807) is 22.7 Å². The van der Waals surface area contributed by atoms with Crippen molar-refractivity contribution in [2.24, 2.45) is 9.98 Å². The van der Waals surface area contributed by atoms with E-state index < -0.39 is 0 Å². The number of hydrogen-bond acceptors (Lipinski definition) is 4. The summed E-state index contributed by atoms with van der Waals surface area (Å²) in [5.74, 6) is 0.780. The monoisotopic (exact) mass is 355 g/mol. The highest BCUT2D eigenvalue weighted by molar-refractivity contribution is 7.16. The number of aromatic nitrogens is 1. The summed E-state index contributed by atoms with van der Waals surface area (Å²) in [5.41, 5.74) is 2.11. The lowest BCUT2D eigenvalue weighted by molar-refractivity contribution is 0.634. The number of hydrogen-bond donors (Lipinski definition) is 0. The molecule has 0 bridgehead atoms. The molecular formula is C19H21N3S2. The molecule has 124 valence electrons. The van der Waals surface area contributed by atoms with Crippen molar-refractivity contribution < 1.29 is 0 Å². The van der Waals surface area contributed by atoms with Crippen LogP contribution >= 0.6 is 22.7 Å². The number of fused-ring (bicyclic) bond motifs is 1. The highest BCUT2D eigenvalue weighted by atomic mass is 32.1. The molecule has 0 aromatic carbocycles. The average Bonchev–Trinajstić information content (AvgIpc) is 3.18. The minimum Gasteiger partial charge on any atom is -0.249 e. The Kier molecular flexibility index (Phi) is 4.65. The van der Waals surface area contributed by atoms with Gasteiger partial charge in [-0.15, -0.1) is 22.7 Å². The largest absolute Gasteiger partial charge is 0.249 e. The van der Waals surface area contributed by atoms with Gasteiger partial charge in [0, 0.05) is 22.1 Å². The Balaban J connectivity index is 2.03. The molecule has 0 saturated carbocycles. The molecule has 0 unspecified atom stereocenters. The average molecular weight is 356 g/mol. The van der Waals surface area contributed by atoms with Gasteiger partial charge >= 0.3 is 0 Å². The molecule has 0 fully saturated rings. The van der Waals surface area contributed by atoms with Crippen molar-refractivity contribution in [3.05, 3.63) is 45.8 Å². The predicted octanol–water partition coefficient (Wildman–Crippen LogP) is 6.13. The molecule has 0 aliphatic rings. The molecule has 3 heterocycles. The smallest absolute Gasteiger partial charge is 0.128 e. The third kappa shape index (κ3) is 3.06. The number of amidine groups is 1. The number of rotatable bonds is 4. The van der Waals surface area contributed by atoms with Crippen LogP contribution < -0.4 is 0 Å². The molecule has 3 rings (SSSR count). The van der Waals surface area contributed by atoms with E-state index in [9.17, 15) is 0 Å². The molecule has 0 aliphatic heterocycles. The SMILES string of the molecule is C=N/C(CC)=N\c1sc(C(C)(C)c2ccc3ccsc3n2)cc1C. The topological polar surface area (TPSA) is 37.6 Å². The van der Waals surface area contributed by atoms with E-state index >= 15 is 0 Å². The lowest BCUT2D eigenvalue weighted by Gasteiger charge is -2.22. The molecule has 0 N–H and O–H groups in total. The van der Waals surface area contributed by atoms with Crippen molar-refractivity contribution in [2.75, 3.05) is 0 Å². The lowest BCUT2D eigenvalue weighted by Crippen LogP contribution is -2.18. The number of pyridine rings is 1. The third-order valence-electron chi connectivity index (χ3n) is 4.19. The second kappa shape index (κ2) is 6.57. The maximum absolute atomic E-state index is 4.88. The maximum Gasteiger partial charge on any atom is 0.128 e. The lowest BCUT2D eigenvalue weighted by atomic mass is 9.86. The zero-order valence-electron chi connectivity index (χ0n) is 14.5. The number of aryl methyl sites for hydroxylation is 1. The van der Waals surface area contributed by atoms with E-state index in [0.717, 1.165) is 27.8 Å². The summed E-state index contributed by atoms with van der Waals surface area (Å²) in [4.78, 5) is 15.9. The van der Waals surface area contributed by atoms with E-state index in [1.807, 2.05) is 6.92 Å². The Morgan fingerprint density at radius 2 is 2.08 bits per heavy atom. The van der Waals surface area contributed by atoms with Crippen molar-refractivity contribution in [1.82, 2.24) is 4.98 Å². The molecule has 3 nitrogen and oxygen atoms in total. The summed E-state index contributed by atoms with van der Waals surface area (Å²) in [6, 6.07) is 8.63. The van der Waals surface area contributed by atoms with Gasteiger partial charge in [0.05, 0.1) is 5.69 Å². The fourth-order valence-electron chi connectivity index (χ4n) is 2.55. The van der Waals surface area contributed by atoms with Crippen LogP contribution in [0.2, 0.25) is 0 Å². The normalized spacial score (nSPS) is 12.8. The molecule has 0 radical (unpaired) electrons. The Morgan fingerprint density at radius 1 is 1.29 bits per heavy atom. The Hall–Kier alpha value is -1.85. The van der Waals surface area contributed by atoms with Gasteiger partial charge in [-0.2, -0.15) is 0 Å². The van der Waals surface area contributed by atoms with Crippen LogP contribution in [0.3, 0.4) is 0 Å².